The van der Waals surface area contributed by atoms with Crippen LogP contribution >= 0.6 is 11.3 Å². The first-order chi connectivity index (χ1) is 7.39. The standard InChI is InChI=1S/C11H14N2O2S/c1-6-12-13-10(16-6)9-7(14)4-11(2,3)5-8(9)15/h14H,4-5H2,1-3H3. The van der Waals surface area contributed by atoms with Crippen molar-refractivity contribution in [1.82, 2.24) is 10.2 Å². The van der Waals surface area contributed by atoms with Gasteiger partial charge in [-0.2, -0.15) is 0 Å². The van der Waals surface area contributed by atoms with Crippen LogP contribution in [0.3, 0.4) is 0 Å². The molecular weight excluding hydrogens is 224 g/mol. The third-order valence-electron chi connectivity index (χ3n) is 2.59. The highest BCUT2D eigenvalue weighted by Crippen LogP contribution is 2.39. The van der Waals surface area contributed by atoms with Crippen LogP contribution in [0.2, 0.25) is 0 Å². The highest BCUT2D eigenvalue weighted by molar-refractivity contribution is 7.12. The number of hydrogen-bond donors (Lipinski definition) is 1. The second-order valence-corrected chi connectivity index (χ2v) is 6.07. The highest BCUT2D eigenvalue weighted by Gasteiger charge is 2.34. The fourth-order valence-corrected chi connectivity index (χ4v) is 2.71. The summed E-state index contributed by atoms with van der Waals surface area (Å²) in [5.41, 5.74) is 0.203. The molecule has 0 bridgehead atoms. The smallest absolute Gasteiger partial charge is 0.169 e. The van der Waals surface area contributed by atoms with Gasteiger partial charge in [0.15, 0.2) is 10.8 Å². The minimum absolute atomic E-state index is 0.0371. The van der Waals surface area contributed by atoms with Crippen LogP contribution in [0.5, 0.6) is 0 Å². The van der Waals surface area contributed by atoms with Crippen molar-refractivity contribution in [3.63, 3.8) is 0 Å². The van der Waals surface area contributed by atoms with Gasteiger partial charge >= 0.3 is 0 Å². The van der Waals surface area contributed by atoms with Gasteiger partial charge in [-0.25, -0.2) is 0 Å². The lowest BCUT2D eigenvalue weighted by Crippen LogP contribution is -2.25. The van der Waals surface area contributed by atoms with Gasteiger partial charge in [-0.05, 0) is 12.3 Å². The highest BCUT2D eigenvalue weighted by atomic mass is 32.1. The fraction of sp³-hybridized carbons (Fsp3) is 0.545. The van der Waals surface area contributed by atoms with Crippen LogP contribution in [0.25, 0.3) is 5.57 Å². The zero-order valence-electron chi connectivity index (χ0n) is 9.57. The summed E-state index contributed by atoms with van der Waals surface area (Å²) in [7, 11) is 0. The Morgan fingerprint density at radius 1 is 1.31 bits per heavy atom. The molecule has 0 saturated heterocycles. The molecule has 5 heteroatoms. The molecule has 1 aromatic heterocycles. The van der Waals surface area contributed by atoms with E-state index in [-0.39, 0.29) is 17.0 Å². The van der Waals surface area contributed by atoms with E-state index in [0.29, 0.717) is 23.4 Å². The van der Waals surface area contributed by atoms with Gasteiger partial charge in [0.1, 0.15) is 10.8 Å². The van der Waals surface area contributed by atoms with Crippen LogP contribution in [0, 0.1) is 12.3 Å². The molecule has 0 fully saturated rings. The van der Waals surface area contributed by atoms with Crippen molar-refractivity contribution in [3.05, 3.63) is 15.8 Å². The summed E-state index contributed by atoms with van der Waals surface area (Å²) in [5.74, 6) is 0.113. The maximum atomic E-state index is 12.0. The molecule has 0 spiro atoms. The minimum atomic E-state index is -0.162. The maximum absolute atomic E-state index is 12.0. The summed E-state index contributed by atoms with van der Waals surface area (Å²) < 4.78 is 0. The topological polar surface area (TPSA) is 63.1 Å². The average molecular weight is 238 g/mol. The van der Waals surface area contributed by atoms with Crippen molar-refractivity contribution in [2.75, 3.05) is 0 Å². The summed E-state index contributed by atoms with van der Waals surface area (Å²) >= 11 is 1.34. The van der Waals surface area contributed by atoms with Gasteiger partial charge in [-0.15, -0.1) is 10.2 Å². The number of aliphatic hydroxyl groups excluding tert-OH is 1. The third-order valence-corrected chi connectivity index (χ3v) is 3.45. The number of Topliss-reactive ketones (excluding diaryl/α,β-unsaturated/α-hetero) is 1. The lowest BCUT2D eigenvalue weighted by molar-refractivity contribution is -0.116. The second kappa shape index (κ2) is 3.66. The Morgan fingerprint density at radius 2 is 2.00 bits per heavy atom. The van der Waals surface area contributed by atoms with Crippen LogP contribution in [0.15, 0.2) is 5.76 Å². The fourth-order valence-electron chi connectivity index (χ4n) is 1.93. The number of allylic oxidation sites excluding steroid dienone is 2. The molecule has 4 nitrogen and oxygen atoms in total. The lowest BCUT2D eigenvalue weighted by Gasteiger charge is -2.28. The van der Waals surface area contributed by atoms with Crippen molar-refractivity contribution < 1.29 is 9.90 Å². The van der Waals surface area contributed by atoms with Gasteiger partial charge in [0, 0.05) is 12.8 Å². The van der Waals surface area contributed by atoms with Crippen molar-refractivity contribution in [2.24, 2.45) is 5.41 Å². The van der Waals surface area contributed by atoms with Crippen LogP contribution < -0.4 is 0 Å². The normalized spacial score (nSPS) is 20.3. The summed E-state index contributed by atoms with van der Waals surface area (Å²) in [5, 5.41) is 19.1. The molecule has 1 N–H and O–H groups in total. The number of rotatable bonds is 1. The maximum Gasteiger partial charge on any atom is 0.169 e. The van der Waals surface area contributed by atoms with Gasteiger partial charge in [0.05, 0.1) is 5.57 Å². The first kappa shape index (κ1) is 11.3. The number of hydrogen-bond acceptors (Lipinski definition) is 5. The number of aryl methyl sites for hydroxylation is 1. The number of carbonyl (C=O) groups is 1. The van der Waals surface area contributed by atoms with Crippen LogP contribution in [0.4, 0.5) is 0 Å². The van der Waals surface area contributed by atoms with E-state index in [1.54, 1.807) is 0 Å². The molecule has 0 radical (unpaired) electrons. The number of aliphatic hydroxyl groups is 1. The number of nitrogens with zero attached hydrogens (tertiary/aromatic N) is 2. The van der Waals surface area contributed by atoms with E-state index in [1.165, 1.54) is 11.3 Å². The van der Waals surface area contributed by atoms with Gasteiger partial charge in [0.2, 0.25) is 0 Å². The molecule has 2 rings (SSSR count). The zero-order chi connectivity index (χ0) is 11.9. The predicted molar refractivity (Wildman–Crippen MR) is 62.2 cm³/mol. The molecule has 16 heavy (non-hydrogen) atoms. The van der Waals surface area contributed by atoms with Crippen molar-refractivity contribution in [1.29, 1.82) is 0 Å². The molecular formula is C11H14N2O2S. The van der Waals surface area contributed by atoms with Gasteiger partial charge in [-0.1, -0.05) is 25.2 Å². The van der Waals surface area contributed by atoms with E-state index in [9.17, 15) is 9.90 Å². The predicted octanol–water partition coefficient (Wildman–Crippen LogP) is 2.50. The largest absolute Gasteiger partial charge is 0.511 e. The Bertz CT molecular complexity index is 474. The Morgan fingerprint density at radius 3 is 2.50 bits per heavy atom. The summed E-state index contributed by atoms with van der Waals surface area (Å²) in [6.45, 7) is 5.78. The second-order valence-electron chi connectivity index (χ2n) is 4.89. The Kier molecular flexibility index (Phi) is 2.58. The van der Waals surface area contributed by atoms with Gasteiger partial charge < -0.3 is 5.11 Å². The van der Waals surface area contributed by atoms with Crippen molar-refractivity contribution >= 4 is 22.7 Å². The van der Waals surface area contributed by atoms with E-state index in [2.05, 4.69) is 10.2 Å². The van der Waals surface area contributed by atoms with Crippen molar-refractivity contribution in [2.45, 2.75) is 33.6 Å². The van der Waals surface area contributed by atoms with Crippen molar-refractivity contribution in [3.8, 4) is 0 Å². The molecule has 1 heterocycles. The first-order valence-corrected chi connectivity index (χ1v) is 5.96. The molecule has 0 aromatic carbocycles. The molecule has 0 amide bonds. The molecule has 0 saturated carbocycles. The molecule has 1 aliphatic carbocycles. The van der Waals surface area contributed by atoms with Gasteiger partial charge in [0.25, 0.3) is 0 Å². The molecule has 0 atom stereocenters. The summed E-state index contributed by atoms with van der Waals surface area (Å²) in [6.07, 6.45) is 0.970. The molecule has 1 aromatic rings. The van der Waals surface area contributed by atoms with E-state index >= 15 is 0 Å². The average Bonchev–Trinajstić information content (AvgIpc) is 2.47. The van der Waals surface area contributed by atoms with Gasteiger partial charge in [-0.3, -0.25) is 4.79 Å². The first-order valence-electron chi connectivity index (χ1n) is 5.15. The van der Waals surface area contributed by atoms with Crippen LogP contribution in [-0.4, -0.2) is 21.1 Å². The third kappa shape index (κ3) is 2.00. The van der Waals surface area contributed by atoms with E-state index < -0.39 is 0 Å². The summed E-state index contributed by atoms with van der Waals surface area (Å²) in [6, 6.07) is 0. The number of carbonyl (C=O) groups excluding carboxylic acids is 1. The monoisotopic (exact) mass is 238 g/mol. The molecule has 86 valence electrons. The van der Waals surface area contributed by atoms with Crippen LogP contribution in [-0.2, 0) is 4.79 Å². The molecule has 0 unspecified atom stereocenters. The Labute approximate surface area is 98.0 Å². The van der Waals surface area contributed by atoms with Crippen LogP contribution in [0.1, 0.15) is 36.7 Å². The SMILES string of the molecule is Cc1nnc(C2=C(O)CC(C)(C)CC2=O)s1. The van der Waals surface area contributed by atoms with E-state index in [0.717, 1.165) is 5.01 Å². The summed E-state index contributed by atoms with van der Waals surface area (Å²) in [4.78, 5) is 12.0. The van der Waals surface area contributed by atoms with E-state index in [1.807, 2.05) is 20.8 Å². The number of aromatic nitrogens is 2. The molecule has 1 aliphatic rings. The quantitative estimate of drug-likeness (QED) is 0.816. The zero-order valence-corrected chi connectivity index (χ0v) is 10.4. The Hall–Kier alpha value is -1.23. The lowest BCUT2D eigenvalue weighted by atomic mass is 9.77. The number of ketones is 1. The van der Waals surface area contributed by atoms with E-state index in [4.69, 9.17) is 0 Å². The molecule has 0 aliphatic heterocycles. The Balaban J connectivity index is 2.44. The minimum Gasteiger partial charge on any atom is -0.511 e.